The number of nitrogens with zero attached hydrogens (tertiary/aromatic N) is 1. The number of ether oxygens (including phenoxy) is 1. The molecular weight excluding hydrogens is 176 g/mol. The first kappa shape index (κ1) is 10.1. The molecule has 3 heteroatoms. The maximum atomic E-state index is 8.39. The Kier molecular flexibility index (Phi) is 3.14. The Morgan fingerprint density at radius 1 is 1.50 bits per heavy atom. The van der Waals surface area contributed by atoms with Crippen LogP contribution < -0.4 is 10.5 Å². The van der Waals surface area contributed by atoms with Crippen molar-refractivity contribution in [3.63, 3.8) is 0 Å². The SMILES string of the molecule is COc1cc(/C=C/C#N)cc(C)c1N. The van der Waals surface area contributed by atoms with Crippen LogP contribution in [0.5, 0.6) is 5.75 Å². The summed E-state index contributed by atoms with van der Waals surface area (Å²) in [6, 6.07) is 5.65. The summed E-state index contributed by atoms with van der Waals surface area (Å²) >= 11 is 0. The lowest BCUT2D eigenvalue weighted by Crippen LogP contribution is -1.95. The lowest BCUT2D eigenvalue weighted by molar-refractivity contribution is 0.416. The number of hydrogen-bond donors (Lipinski definition) is 1. The maximum Gasteiger partial charge on any atom is 0.142 e. The topological polar surface area (TPSA) is 59.0 Å². The molecule has 0 spiro atoms. The number of methoxy groups -OCH3 is 1. The Labute approximate surface area is 83.4 Å². The summed E-state index contributed by atoms with van der Waals surface area (Å²) in [5, 5.41) is 8.39. The quantitative estimate of drug-likeness (QED) is 0.571. The van der Waals surface area contributed by atoms with Gasteiger partial charge in [-0.2, -0.15) is 5.26 Å². The van der Waals surface area contributed by atoms with Crippen molar-refractivity contribution >= 4 is 11.8 Å². The molecule has 3 nitrogen and oxygen atoms in total. The number of nitrogens with two attached hydrogens (primary N) is 1. The summed E-state index contributed by atoms with van der Waals surface area (Å²) in [7, 11) is 1.57. The average molecular weight is 188 g/mol. The van der Waals surface area contributed by atoms with E-state index < -0.39 is 0 Å². The van der Waals surface area contributed by atoms with Crippen LogP contribution in [0.2, 0.25) is 0 Å². The van der Waals surface area contributed by atoms with Crippen molar-refractivity contribution in [1.82, 2.24) is 0 Å². The highest BCUT2D eigenvalue weighted by molar-refractivity contribution is 5.65. The van der Waals surface area contributed by atoms with Gasteiger partial charge in [0, 0.05) is 6.08 Å². The van der Waals surface area contributed by atoms with E-state index in [0.717, 1.165) is 11.1 Å². The lowest BCUT2D eigenvalue weighted by Gasteiger charge is -2.08. The normalized spacial score (nSPS) is 10.1. The molecule has 2 N–H and O–H groups in total. The van der Waals surface area contributed by atoms with Crippen LogP contribution in [0.4, 0.5) is 5.69 Å². The van der Waals surface area contributed by atoms with E-state index in [1.165, 1.54) is 6.08 Å². The van der Waals surface area contributed by atoms with Crippen molar-refractivity contribution in [2.45, 2.75) is 6.92 Å². The minimum absolute atomic E-state index is 0.640. The first-order valence-corrected chi connectivity index (χ1v) is 4.19. The molecule has 0 aliphatic heterocycles. The summed E-state index contributed by atoms with van der Waals surface area (Å²) in [6.45, 7) is 1.90. The van der Waals surface area contributed by atoms with Gasteiger partial charge in [-0.05, 0) is 36.3 Å². The van der Waals surface area contributed by atoms with Crippen LogP contribution in [0.3, 0.4) is 0 Å². The van der Waals surface area contributed by atoms with Crippen molar-refractivity contribution in [3.8, 4) is 11.8 Å². The number of benzene rings is 1. The van der Waals surface area contributed by atoms with Gasteiger partial charge in [0.1, 0.15) is 5.75 Å². The van der Waals surface area contributed by atoms with Gasteiger partial charge in [0.25, 0.3) is 0 Å². The fraction of sp³-hybridized carbons (Fsp3) is 0.182. The van der Waals surface area contributed by atoms with E-state index in [1.54, 1.807) is 19.3 Å². The zero-order valence-electron chi connectivity index (χ0n) is 8.24. The van der Waals surface area contributed by atoms with E-state index in [9.17, 15) is 0 Å². The van der Waals surface area contributed by atoms with Crippen LogP contribution in [0, 0.1) is 18.3 Å². The minimum atomic E-state index is 0.640. The molecule has 0 saturated heterocycles. The Balaban J connectivity index is 3.17. The van der Waals surface area contributed by atoms with Gasteiger partial charge in [-0.1, -0.05) is 0 Å². The molecular formula is C11H12N2O. The fourth-order valence-electron chi connectivity index (χ4n) is 1.19. The summed E-state index contributed by atoms with van der Waals surface area (Å²) in [5.41, 5.74) is 8.28. The highest BCUT2D eigenvalue weighted by Gasteiger charge is 2.03. The van der Waals surface area contributed by atoms with Crippen molar-refractivity contribution in [2.24, 2.45) is 0 Å². The highest BCUT2D eigenvalue weighted by atomic mass is 16.5. The fourth-order valence-corrected chi connectivity index (χ4v) is 1.19. The second-order valence-corrected chi connectivity index (χ2v) is 2.92. The van der Waals surface area contributed by atoms with Gasteiger partial charge in [0.2, 0.25) is 0 Å². The molecule has 0 aliphatic carbocycles. The molecule has 1 rings (SSSR count). The average Bonchev–Trinajstić information content (AvgIpc) is 2.19. The molecule has 1 aromatic carbocycles. The van der Waals surface area contributed by atoms with Gasteiger partial charge in [-0.25, -0.2) is 0 Å². The highest BCUT2D eigenvalue weighted by Crippen LogP contribution is 2.27. The molecule has 0 fully saturated rings. The van der Waals surface area contributed by atoms with Crippen LogP contribution in [0.15, 0.2) is 18.2 Å². The zero-order chi connectivity index (χ0) is 10.6. The standard InChI is InChI=1S/C11H12N2O/c1-8-6-9(4-3-5-12)7-10(14-2)11(8)13/h3-4,6-7H,13H2,1-2H3/b4-3+. The van der Waals surface area contributed by atoms with Crippen molar-refractivity contribution in [3.05, 3.63) is 29.3 Å². The number of anilines is 1. The van der Waals surface area contributed by atoms with Crippen LogP contribution in [-0.4, -0.2) is 7.11 Å². The summed E-state index contributed by atoms with van der Waals surface area (Å²) in [6.07, 6.45) is 3.14. The van der Waals surface area contributed by atoms with Gasteiger partial charge in [0.15, 0.2) is 0 Å². The largest absolute Gasteiger partial charge is 0.495 e. The Hall–Kier alpha value is -1.95. The molecule has 72 valence electrons. The van der Waals surface area contributed by atoms with Crippen LogP contribution in [-0.2, 0) is 0 Å². The van der Waals surface area contributed by atoms with Gasteiger partial charge in [0.05, 0.1) is 18.9 Å². The second kappa shape index (κ2) is 4.33. The first-order chi connectivity index (χ1) is 6.69. The van der Waals surface area contributed by atoms with E-state index >= 15 is 0 Å². The smallest absolute Gasteiger partial charge is 0.142 e. The first-order valence-electron chi connectivity index (χ1n) is 4.19. The molecule has 0 radical (unpaired) electrons. The molecule has 0 heterocycles. The van der Waals surface area contributed by atoms with E-state index in [-0.39, 0.29) is 0 Å². The third-order valence-corrected chi connectivity index (χ3v) is 1.94. The molecule has 0 aliphatic rings. The predicted octanol–water partition coefficient (Wildman–Crippen LogP) is 2.12. The third kappa shape index (κ3) is 2.05. The van der Waals surface area contributed by atoms with Gasteiger partial charge in [-0.3, -0.25) is 0 Å². The molecule has 0 saturated carbocycles. The van der Waals surface area contributed by atoms with Crippen LogP contribution >= 0.6 is 0 Å². The Bertz CT molecular complexity index is 402. The summed E-state index contributed by atoms with van der Waals surface area (Å²) < 4.78 is 5.10. The van der Waals surface area contributed by atoms with Gasteiger partial charge < -0.3 is 10.5 Å². The number of allylic oxidation sites excluding steroid dienone is 1. The second-order valence-electron chi connectivity index (χ2n) is 2.92. The Morgan fingerprint density at radius 2 is 2.21 bits per heavy atom. The van der Waals surface area contributed by atoms with E-state index in [2.05, 4.69) is 0 Å². The number of aryl methyl sites for hydroxylation is 1. The lowest BCUT2D eigenvalue weighted by atomic mass is 10.1. The number of nitriles is 1. The summed E-state index contributed by atoms with van der Waals surface area (Å²) in [5.74, 6) is 0.641. The third-order valence-electron chi connectivity index (χ3n) is 1.94. The van der Waals surface area contributed by atoms with Crippen LogP contribution in [0.1, 0.15) is 11.1 Å². The molecule has 0 amide bonds. The molecule has 0 atom stereocenters. The van der Waals surface area contributed by atoms with E-state index in [1.807, 2.05) is 19.1 Å². The molecule has 1 aromatic rings. The number of hydrogen-bond acceptors (Lipinski definition) is 3. The molecule has 14 heavy (non-hydrogen) atoms. The van der Waals surface area contributed by atoms with E-state index in [0.29, 0.717) is 11.4 Å². The number of nitrogen functional groups attached to an aromatic ring is 1. The minimum Gasteiger partial charge on any atom is -0.495 e. The van der Waals surface area contributed by atoms with Crippen molar-refractivity contribution in [2.75, 3.05) is 12.8 Å². The summed E-state index contributed by atoms with van der Waals surface area (Å²) in [4.78, 5) is 0. The van der Waals surface area contributed by atoms with Gasteiger partial charge >= 0.3 is 0 Å². The Morgan fingerprint density at radius 3 is 2.79 bits per heavy atom. The zero-order valence-corrected chi connectivity index (χ0v) is 8.24. The van der Waals surface area contributed by atoms with Crippen molar-refractivity contribution in [1.29, 1.82) is 5.26 Å². The predicted molar refractivity (Wildman–Crippen MR) is 56.8 cm³/mol. The molecule has 0 aromatic heterocycles. The van der Waals surface area contributed by atoms with Crippen LogP contribution in [0.25, 0.3) is 6.08 Å². The maximum absolute atomic E-state index is 8.39. The van der Waals surface area contributed by atoms with Gasteiger partial charge in [-0.15, -0.1) is 0 Å². The van der Waals surface area contributed by atoms with E-state index in [4.69, 9.17) is 15.7 Å². The van der Waals surface area contributed by atoms with Crippen molar-refractivity contribution < 1.29 is 4.74 Å². The molecule has 0 unspecified atom stereocenters. The monoisotopic (exact) mass is 188 g/mol. The number of rotatable bonds is 2. The molecule has 0 bridgehead atoms.